The van der Waals surface area contributed by atoms with E-state index in [1.165, 1.54) is 31.7 Å². The van der Waals surface area contributed by atoms with Crippen molar-refractivity contribution in [2.75, 3.05) is 32.8 Å². The number of halogens is 2. The number of carbonyl (C=O) groups excluding carboxylic acids is 6. The average Bonchev–Trinajstić information content (AvgIpc) is 4.19. The van der Waals surface area contributed by atoms with E-state index in [0.717, 1.165) is 41.6 Å². The first-order valence-electron chi connectivity index (χ1n) is 22.9. The van der Waals surface area contributed by atoms with Gasteiger partial charge in [0.1, 0.15) is 40.9 Å². The van der Waals surface area contributed by atoms with Crippen LogP contribution in [0.2, 0.25) is 0 Å². The highest BCUT2D eigenvalue weighted by molar-refractivity contribution is 6.01. The molecule has 2 aromatic carbocycles. The number of piperidine rings is 2. The molecule has 2 aliphatic carbocycles. The number of aromatic nitrogens is 2. The minimum Gasteiger partial charge on any atom is -0.493 e. The van der Waals surface area contributed by atoms with Gasteiger partial charge in [-0.3, -0.25) is 28.8 Å². The number of aromatic amines is 2. The Balaban J connectivity index is -0.000000532. The lowest BCUT2D eigenvalue weighted by molar-refractivity contribution is -0.128. The molecule has 17 nitrogen and oxygen atoms in total. The highest BCUT2D eigenvalue weighted by atomic mass is 19.1. The van der Waals surface area contributed by atoms with E-state index < -0.39 is 53.9 Å². The zero-order valence-corrected chi connectivity index (χ0v) is 38.1. The van der Waals surface area contributed by atoms with E-state index in [4.69, 9.17) is 4.74 Å². The van der Waals surface area contributed by atoms with Gasteiger partial charge in [0.25, 0.3) is 11.8 Å². The predicted octanol–water partition coefficient (Wildman–Crippen LogP) is 7.12. The van der Waals surface area contributed by atoms with Gasteiger partial charge in [0.05, 0.1) is 37.4 Å². The maximum absolute atomic E-state index is 13.7. The summed E-state index contributed by atoms with van der Waals surface area (Å²) in [7, 11) is 0. The summed E-state index contributed by atoms with van der Waals surface area (Å²) in [6.07, 6.45) is 9.40. The molecule has 2 aromatic heterocycles. The first kappa shape index (κ1) is 51.0. The standard InChI is InChI=1S/C21H25N5O4.C19H19F2N5O3.2C4H8.8H2/c1-2-30-18-7-3-6-16-15(18)10-17(26-16)21(29)24-12-19(27)25-14(11-22)9-13-5-4-8-23-20(13)28;20-12-4-11-6-15(26-17(11)14(21)7-12)19(29)24-9-16(27)25-13(8-22)5-10-2-1-3-23-18(10)28;2*1-4-2-3-4;;;;;;;;/h3,6-7,10,13-14,26H,2,4-5,8-9,12H2,1H3,(H,23,28)(H,24,29)(H,25,27);4,6-7,10,13,26H,1-3,5,9H2,(H,23,28)(H,24,29)(H,25,27);2*4H,2-3H2,1H3;8*1H/t13-,14-;10-,13-;;;;;;;;;;/m00........../s1. The zero-order chi connectivity index (χ0) is 48.5. The zero-order valence-electron chi connectivity index (χ0n) is 38.1. The molecule has 4 fully saturated rings. The number of amides is 6. The topological polar surface area (TPSA) is 263 Å². The molecule has 67 heavy (non-hydrogen) atoms. The molecular weight excluding hydrogens is 867 g/mol. The van der Waals surface area contributed by atoms with Gasteiger partial charge in [-0.25, -0.2) is 8.78 Å². The number of fused-ring (bicyclic) bond motifs is 2. The smallest absolute Gasteiger partial charge is 0.268 e. The van der Waals surface area contributed by atoms with Crippen LogP contribution in [0, 0.1) is 58.0 Å². The highest BCUT2D eigenvalue weighted by Crippen LogP contribution is 2.28. The Hall–Kier alpha value is -7.02. The number of carbonyl (C=O) groups is 6. The van der Waals surface area contributed by atoms with Crippen molar-refractivity contribution in [2.24, 2.45) is 23.7 Å². The van der Waals surface area contributed by atoms with Crippen LogP contribution in [0.3, 0.4) is 0 Å². The van der Waals surface area contributed by atoms with Gasteiger partial charge in [-0.15, -0.1) is 0 Å². The molecule has 2 saturated heterocycles. The first-order chi connectivity index (χ1) is 32.2. The Kier molecular flexibility index (Phi) is 19.1. The number of H-pyrrole nitrogens is 2. The summed E-state index contributed by atoms with van der Waals surface area (Å²) in [6.45, 7) is 7.50. The summed E-state index contributed by atoms with van der Waals surface area (Å²) in [5.74, 6) is -1.83. The van der Waals surface area contributed by atoms with E-state index in [0.29, 0.717) is 50.0 Å². The van der Waals surface area contributed by atoms with Crippen LogP contribution in [0.25, 0.3) is 21.8 Å². The number of nitrogens with one attached hydrogen (secondary N) is 8. The fourth-order valence-electron chi connectivity index (χ4n) is 7.13. The van der Waals surface area contributed by atoms with Crippen LogP contribution < -0.4 is 36.6 Å². The summed E-state index contributed by atoms with van der Waals surface area (Å²) in [5, 5.41) is 34.9. The molecule has 19 heteroatoms. The lowest BCUT2D eigenvalue weighted by Gasteiger charge is -2.23. The largest absolute Gasteiger partial charge is 0.493 e. The van der Waals surface area contributed by atoms with Crippen LogP contribution in [0.5, 0.6) is 5.75 Å². The molecule has 0 unspecified atom stereocenters. The fourth-order valence-corrected chi connectivity index (χ4v) is 7.13. The van der Waals surface area contributed by atoms with Gasteiger partial charge < -0.3 is 46.6 Å². The molecule has 374 valence electrons. The second-order valence-corrected chi connectivity index (χ2v) is 17.3. The van der Waals surface area contributed by atoms with E-state index >= 15 is 0 Å². The fraction of sp³-hybridized carbons (Fsp3) is 0.500. The van der Waals surface area contributed by atoms with Crippen molar-refractivity contribution in [1.82, 2.24) is 41.9 Å². The molecule has 0 spiro atoms. The number of hydrogen-bond donors (Lipinski definition) is 8. The Morgan fingerprint density at radius 3 is 1.73 bits per heavy atom. The van der Waals surface area contributed by atoms with E-state index in [1.54, 1.807) is 6.07 Å². The third-order valence-corrected chi connectivity index (χ3v) is 11.4. The van der Waals surface area contributed by atoms with Crippen molar-refractivity contribution in [3.63, 3.8) is 0 Å². The molecule has 2 aliphatic heterocycles. The monoisotopic (exact) mass is 943 g/mol. The predicted molar refractivity (Wildman–Crippen MR) is 262 cm³/mol. The van der Waals surface area contributed by atoms with Crippen LogP contribution in [0.4, 0.5) is 8.78 Å². The Morgan fingerprint density at radius 1 is 0.761 bits per heavy atom. The molecule has 4 aromatic rings. The second-order valence-electron chi connectivity index (χ2n) is 17.3. The number of nitrogens with zero attached hydrogens (tertiary/aromatic N) is 2. The van der Waals surface area contributed by atoms with Gasteiger partial charge in [-0.2, -0.15) is 10.5 Å². The second kappa shape index (κ2) is 25.0. The Bertz CT molecular complexity index is 2490. The summed E-state index contributed by atoms with van der Waals surface area (Å²) >= 11 is 0. The van der Waals surface area contributed by atoms with Gasteiger partial charge in [-0.05, 0) is 87.6 Å². The van der Waals surface area contributed by atoms with Gasteiger partial charge in [0.2, 0.25) is 23.6 Å². The van der Waals surface area contributed by atoms with Crippen molar-refractivity contribution in [3.8, 4) is 17.9 Å². The summed E-state index contributed by atoms with van der Waals surface area (Å²) in [5.41, 5.74) is 1.01. The maximum atomic E-state index is 13.7. The van der Waals surface area contributed by atoms with Gasteiger partial charge in [-0.1, -0.05) is 45.6 Å². The van der Waals surface area contributed by atoms with E-state index in [1.807, 2.05) is 37.3 Å². The van der Waals surface area contributed by atoms with Crippen molar-refractivity contribution >= 4 is 57.2 Å². The van der Waals surface area contributed by atoms with Gasteiger partial charge in [0.15, 0.2) is 0 Å². The molecular formula is C48H76F2N10O7. The van der Waals surface area contributed by atoms with Crippen LogP contribution in [-0.4, -0.2) is 90.3 Å². The third-order valence-electron chi connectivity index (χ3n) is 11.4. The van der Waals surface area contributed by atoms with Gasteiger partial charge >= 0.3 is 0 Å². The summed E-state index contributed by atoms with van der Waals surface area (Å²) < 4.78 is 32.5. The van der Waals surface area contributed by atoms with Crippen LogP contribution in [-0.2, 0) is 19.2 Å². The molecule has 6 amide bonds. The first-order valence-corrected chi connectivity index (χ1v) is 22.9. The van der Waals surface area contributed by atoms with Crippen LogP contribution >= 0.6 is 0 Å². The SMILES string of the molecule is CC1CC1.CC1CC1.CCOc1cccc2[nH]c(C(=O)NCC(=O)N[C@H](C#N)C[C@@H]3CCCNC3=O)cc12.N#C[C@H](C[C@@H]1CCCNC1=O)NC(=O)CNC(=O)c1cc2cc(F)cc(F)c2[nH]1.[HH].[HH].[HH].[HH].[HH].[HH].[HH].[HH]. The van der Waals surface area contributed by atoms with E-state index in [-0.39, 0.29) is 71.0 Å². The molecule has 8 rings (SSSR count). The van der Waals surface area contributed by atoms with E-state index in [9.17, 15) is 48.1 Å². The molecule has 0 bridgehead atoms. The Labute approximate surface area is 399 Å². The summed E-state index contributed by atoms with van der Waals surface area (Å²) in [6, 6.07) is 12.5. The summed E-state index contributed by atoms with van der Waals surface area (Å²) in [4.78, 5) is 78.0. The average molecular weight is 943 g/mol. The van der Waals surface area contributed by atoms with Gasteiger partial charge in [0, 0.05) is 58.7 Å². The molecule has 4 heterocycles. The minimum absolute atomic E-state index is 0. The van der Waals surface area contributed by atoms with Crippen LogP contribution in [0.15, 0.2) is 42.5 Å². The Morgan fingerprint density at radius 2 is 1.27 bits per heavy atom. The number of nitriles is 2. The highest BCUT2D eigenvalue weighted by Gasteiger charge is 2.28. The number of ether oxygens (including phenoxy) is 1. The lowest BCUT2D eigenvalue weighted by atomic mass is 9.92. The molecule has 4 atom stereocenters. The van der Waals surface area contributed by atoms with E-state index in [2.05, 4.69) is 55.7 Å². The molecule has 2 saturated carbocycles. The number of hydrogen-bond acceptors (Lipinski definition) is 9. The minimum atomic E-state index is -0.863. The van der Waals surface area contributed by atoms with Crippen molar-refractivity contribution < 1.29 is 53.7 Å². The molecule has 4 aliphatic rings. The van der Waals surface area contributed by atoms with Crippen molar-refractivity contribution in [1.29, 1.82) is 10.5 Å². The number of rotatable bonds is 14. The quantitative estimate of drug-likeness (QED) is 0.0639. The maximum Gasteiger partial charge on any atom is 0.268 e. The normalized spacial score (nSPS) is 18.2. The molecule has 0 radical (unpaired) electrons. The van der Waals surface area contributed by atoms with Crippen LogP contribution in [0.1, 0.15) is 117 Å². The third kappa shape index (κ3) is 16.4. The van der Waals surface area contributed by atoms with Crippen molar-refractivity contribution in [2.45, 2.75) is 97.1 Å². The molecule has 8 N–H and O–H groups in total. The van der Waals surface area contributed by atoms with Crippen molar-refractivity contribution in [3.05, 3.63) is 65.5 Å². The lowest BCUT2D eigenvalue weighted by Crippen LogP contribution is -2.44. The number of benzene rings is 2.